The van der Waals surface area contributed by atoms with Crippen molar-refractivity contribution in [2.45, 2.75) is 19.4 Å². The lowest BCUT2D eigenvalue weighted by Gasteiger charge is -1.90. The second-order valence-corrected chi connectivity index (χ2v) is 10.6. The molecule has 0 spiro atoms. The Morgan fingerprint density at radius 1 is 1.09 bits per heavy atom. The van der Waals surface area contributed by atoms with Crippen molar-refractivity contribution in [2.75, 3.05) is 27.3 Å². The van der Waals surface area contributed by atoms with Crippen molar-refractivity contribution in [3.63, 3.8) is 0 Å². The van der Waals surface area contributed by atoms with Gasteiger partial charge in [-0.2, -0.15) is 0 Å². The number of nitrogens with two attached hydrogens (primary N) is 1. The molecule has 188 valence electrons. The van der Waals surface area contributed by atoms with Gasteiger partial charge in [-0.1, -0.05) is 44.0 Å². The number of carboxylic acids is 1. The summed E-state index contributed by atoms with van der Waals surface area (Å²) in [6.07, 6.45) is 1.04. The van der Waals surface area contributed by atoms with Crippen molar-refractivity contribution in [1.29, 1.82) is 0 Å². The first kappa shape index (κ1) is 29.2. The van der Waals surface area contributed by atoms with Crippen LogP contribution in [-0.4, -0.2) is 55.2 Å². The molecule has 35 heavy (non-hydrogen) atoms. The molecule has 0 saturated carbocycles. The maximum atomic E-state index is 11.1. The molecule has 2 aromatic carbocycles. The van der Waals surface area contributed by atoms with Crippen molar-refractivity contribution in [3.05, 3.63) is 68.0 Å². The first-order valence-electron chi connectivity index (χ1n) is 10.8. The van der Waals surface area contributed by atoms with Crippen LogP contribution in [0, 0.1) is 0 Å². The fourth-order valence-corrected chi connectivity index (χ4v) is 4.77. The predicted octanol–water partition coefficient (Wildman–Crippen LogP) is 6.06. The molecule has 2 aromatic heterocycles. The molecule has 0 radical (unpaired) electrons. The molecule has 1 unspecified atom stereocenters. The van der Waals surface area contributed by atoms with Crippen molar-refractivity contribution in [3.8, 4) is 0 Å². The highest BCUT2D eigenvalue weighted by atomic mass is 79.9. The highest BCUT2D eigenvalue weighted by molar-refractivity contribution is 9.10. The van der Waals surface area contributed by atoms with Crippen LogP contribution in [0.1, 0.15) is 33.5 Å². The van der Waals surface area contributed by atoms with Crippen LogP contribution < -0.4 is 11.1 Å². The van der Waals surface area contributed by atoms with Crippen LogP contribution in [-0.2, 0) is 4.74 Å². The topological polar surface area (TPSA) is 117 Å². The number of H-pyrrole nitrogens is 1. The Morgan fingerprint density at radius 3 is 2.23 bits per heavy atom. The minimum absolute atomic E-state index is 0.0623. The summed E-state index contributed by atoms with van der Waals surface area (Å²) in [6.45, 7) is 3.18. The lowest BCUT2D eigenvalue weighted by molar-refractivity contribution is 0.0702. The van der Waals surface area contributed by atoms with Crippen molar-refractivity contribution < 1.29 is 19.4 Å². The van der Waals surface area contributed by atoms with Crippen molar-refractivity contribution in [2.24, 2.45) is 5.73 Å². The second-order valence-electron chi connectivity index (χ2n) is 7.69. The standard InChI is InChI=1S/C10H8BrNO.C9H5BrO2S.C4H9NO.C2H7N/c1-6(13)9-4-7-2-3-8(11)5-10(7)12-9;10-6-2-1-5-3-8(9(11)12)13-7(5)4-6;5-4-1-2-6-3-4;1-3-2/h2-5,12H,1H3;1-4H,(H,11,12);4H,1-3,5H2;3H,1-2H3. The molecule has 1 saturated heterocycles. The fraction of sp³-hybridized carbons (Fsp3) is 0.280. The van der Waals surface area contributed by atoms with Crippen LogP contribution in [0.2, 0.25) is 0 Å². The summed E-state index contributed by atoms with van der Waals surface area (Å²) in [7, 11) is 3.75. The number of nitrogens with one attached hydrogen (secondary N) is 2. The lowest BCUT2D eigenvalue weighted by atomic mass is 10.2. The number of carboxylic acid groups (broad SMARTS) is 1. The van der Waals surface area contributed by atoms with Crippen LogP contribution in [0.15, 0.2) is 57.5 Å². The average molecular weight is 627 g/mol. The van der Waals surface area contributed by atoms with E-state index >= 15 is 0 Å². The quantitative estimate of drug-likeness (QED) is 0.201. The number of hydrogen-bond acceptors (Lipinski definition) is 6. The average Bonchev–Trinajstić information content (AvgIpc) is 3.54. The fourth-order valence-electron chi connectivity index (χ4n) is 2.95. The second kappa shape index (κ2) is 14.5. The Bertz CT molecular complexity index is 1180. The predicted molar refractivity (Wildman–Crippen MR) is 151 cm³/mol. The number of aromatic nitrogens is 1. The van der Waals surface area contributed by atoms with Crippen molar-refractivity contribution >= 4 is 75.9 Å². The monoisotopic (exact) mass is 625 g/mol. The molecule has 1 fully saturated rings. The first-order chi connectivity index (χ1) is 16.6. The Morgan fingerprint density at radius 2 is 1.71 bits per heavy atom. The number of halogens is 2. The number of aromatic amines is 1. The van der Waals surface area contributed by atoms with Crippen LogP contribution >= 0.6 is 43.2 Å². The highest BCUT2D eigenvalue weighted by Gasteiger charge is 2.08. The van der Waals surface area contributed by atoms with E-state index in [1.54, 1.807) is 13.0 Å². The molecule has 1 aliphatic heterocycles. The van der Waals surface area contributed by atoms with E-state index in [1.807, 2.05) is 56.6 Å². The van der Waals surface area contributed by atoms with Gasteiger partial charge in [0.25, 0.3) is 0 Å². The number of fused-ring (bicyclic) bond motifs is 2. The Balaban J connectivity index is 0.000000185. The molecule has 1 atom stereocenters. The molecule has 0 amide bonds. The number of aromatic carboxylic acids is 1. The van der Waals surface area contributed by atoms with E-state index in [0.29, 0.717) is 16.6 Å². The minimum Gasteiger partial charge on any atom is -0.477 e. The summed E-state index contributed by atoms with van der Waals surface area (Å²) >= 11 is 8.00. The maximum Gasteiger partial charge on any atom is 0.345 e. The normalized spacial score (nSPS) is 14.3. The van der Waals surface area contributed by atoms with Gasteiger partial charge in [-0.25, -0.2) is 4.79 Å². The Hall–Kier alpha value is -2.08. The number of carbonyl (C=O) groups is 2. The van der Waals surface area contributed by atoms with Gasteiger partial charge in [0.2, 0.25) is 0 Å². The SMILES string of the molecule is CC(=O)c1cc2ccc(Br)cc2[nH]1.CNC.NC1CCOC1.O=C(O)c1cc2ccc(Br)cc2s1. The molecule has 3 heterocycles. The third-order valence-electron chi connectivity index (χ3n) is 4.62. The van der Waals surface area contributed by atoms with Gasteiger partial charge >= 0.3 is 5.97 Å². The summed E-state index contributed by atoms with van der Waals surface area (Å²) < 4.78 is 7.91. The number of thiophene rings is 1. The zero-order valence-electron chi connectivity index (χ0n) is 19.7. The van der Waals surface area contributed by atoms with Gasteiger partial charge in [0.1, 0.15) is 4.88 Å². The van der Waals surface area contributed by atoms with Gasteiger partial charge in [-0.3, -0.25) is 4.79 Å². The molecule has 5 N–H and O–H groups in total. The van der Waals surface area contributed by atoms with Crippen molar-refractivity contribution in [1.82, 2.24) is 10.3 Å². The van der Waals surface area contributed by atoms with Gasteiger partial charge in [-0.05, 0) is 62.3 Å². The first-order valence-corrected chi connectivity index (χ1v) is 13.2. The molecule has 0 aliphatic carbocycles. The number of hydrogen-bond donors (Lipinski definition) is 4. The van der Waals surface area contributed by atoms with E-state index in [9.17, 15) is 9.59 Å². The summed E-state index contributed by atoms with van der Waals surface area (Å²) in [4.78, 5) is 25.1. The molecular formula is C25H29Br2N3O4S. The number of ether oxygens (including phenoxy) is 1. The van der Waals surface area contributed by atoms with Gasteiger partial charge in [0.15, 0.2) is 5.78 Å². The maximum absolute atomic E-state index is 11.1. The minimum atomic E-state index is -0.864. The lowest BCUT2D eigenvalue weighted by Crippen LogP contribution is -2.18. The van der Waals surface area contributed by atoms with Gasteiger partial charge in [0, 0.05) is 44.1 Å². The molecule has 0 bridgehead atoms. The van der Waals surface area contributed by atoms with E-state index < -0.39 is 5.97 Å². The molecule has 7 nitrogen and oxygen atoms in total. The zero-order valence-corrected chi connectivity index (χ0v) is 23.7. The Kier molecular flexibility index (Phi) is 12.1. The van der Waals surface area contributed by atoms with Crippen LogP contribution in [0.4, 0.5) is 0 Å². The zero-order chi connectivity index (χ0) is 26.0. The summed E-state index contributed by atoms with van der Waals surface area (Å²) in [5, 5.41) is 13.5. The van der Waals surface area contributed by atoms with E-state index in [2.05, 4.69) is 42.2 Å². The summed E-state index contributed by atoms with van der Waals surface area (Å²) in [6, 6.07) is 15.5. The number of ketones is 1. The third kappa shape index (κ3) is 9.47. The smallest absolute Gasteiger partial charge is 0.345 e. The van der Waals surface area contributed by atoms with Gasteiger partial charge < -0.3 is 25.9 Å². The third-order valence-corrected chi connectivity index (χ3v) is 6.69. The van der Waals surface area contributed by atoms with E-state index in [0.717, 1.165) is 49.6 Å². The number of rotatable bonds is 2. The summed E-state index contributed by atoms with van der Waals surface area (Å²) in [5.74, 6) is -0.801. The molecular weight excluding hydrogens is 598 g/mol. The van der Waals surface area contributed by atoms with E-state index in [4.69, 9.17) is 15.6 Å². The molecule has 4 aromatic rings. The molecule has 1 aliphatic rings. The van der Waals surface area contributed by atoms with Gasteiger partial charge in [0.05, 0.1) is 12.3 Å². The molecule has 5 rings (SSSR count). The number of Topliss-reactive ketones (excluding diaryl/α,β-unsaturated/α-hetero) is 1. The largest absolute Gasteiger partial charge is 0.477 e. The highest BCUT2D eigenvalue weighted by Crippen LogP contribution is 2.28. The van der Waals surface area contributed by atoms with E-state index in [1.165, 1.54) is 11.3 Å². The van der Waals surface area contributed by atoms with Gasteiger partial charge in [-0.15, -0.1) is 11.3 Å². The van der Waals surface area contributed by atoms with Crippen LogP contribution in [0.5, 0.6) is 0 Å². The van der Waals surface area contributed by atoms with Crippen LogP contribution in [0.25, 0.3) is 21.0 Å². The number of benzene rings is 2. The molecule has 10 heteroatoms. The Labute approximate surface area is 225 Å². The van der Waals surface area contributed by atoms with Crippen LogP contribution in [0.3, 0.4) is 0 Å². The number of carbonyl (C=O) groups excluding carboxylic acids is 1. The van der Waals surface area contributed by atoms with E-state index in [-0.39, 0.29) is 5.78 Å². The summed E-state index contributed by atoms with van der Waals surface area (Å²) in [5.41, 5.74) is 7.06.